The summed E-state index contributed by atoms with van der Waals surface area (Å²) in [5.41, 5.74) is 15.6. The van der Waals surface area contributed by atoms with Gasteiger partial charge in [-0.2, -0.15) is 0 Å². The zero-order chi connectivity index (χ0) is 29.4. The molecule has 2 unspecified atom stereocenters. The van der Waals surface area contributed by atoms with Gasteiger partial charge in [-0.3, -0.25) is 0 Å². The lowest BCUT2D eigenvalue weighted by molar-refractivity contribution is 0.568. The standard InChI is InChI=1S/C39H52Si/c1-12-28-19-29(13-2)21-31(20-28)37(40-34-17-15-14-16-18-34)36-27(5)25(3)26(4)35(36)30-22-32(38(6,7)8)24-33(23-30)39(9,10)11/h14-24,36-37H,12-13,40H2,1-11H3. The van der Waals surface area contributed by atoms with Crippen LogP contribution in [0.15, 0.2) is 83.4 Å². The summed E-state index contributed by atoms with van der Waals surface area (Å²) in [6, 6.07) is 26.4. The molecule has 212 valence electrons. The predicted molar refractivity (Wildman–Crippen MR) is 181 cm³/mol. The van der Waals surface area contributed by atoms with E-state index in [1.165, 1.54) is 39.0 Å². The molecule has 0 amide bonds. The highest BCUT2D eigenvalue weighted by atomic mass is 28.2. The minimum atomic E-state index is -0.629. The van der Waals surface area contributed by atoms with Crippen molar-refractivity contribution in [3.05, 3.63) is 117 Å². The van der Waals surface area contributed by atoms with E-state index in [-0.39, 0.29) is 10.8 Å². The van der Waals surface area contributed by atoms with E-state index in [1.54, 1.807) is 21.9 Å². The Balaban J connectivity index is 1.98. The van der Waals surface area contributed by atoms with Gasteiger partial charge in [0.1, 0.15) is 0 Å². The first-order valence-corrected chi connectivity index (χ1v) is 17.0. The lowest BCUT2D eigenvalue weighted by Crippen LogP contribution is -2.29. The van der Waals surface area contributed by atoms with Gasteiger partial charge in [-0.05, 0) is 100 Å². The number of hydrogen-bond acceptors (Lipinski definition) is 0. The smallest absolute Gasteiger partial charge is 0.0636 e. The van der Waals surface area contributed by atoms with Crippen LogP contribution in [0.3, 0.4) is 0 Å². The monoisotopic (exact) mass is 548 g/mol. The second-order valence-electron chi connectivity index (χ2n) is 14.2. The summed E-state index contributed by atoms with van der Waals surface area (Å²) in [4.78, 5) is 0. The molecule has 0 aromatic heterocycles. The lowest BCUT2D eigenvalue weighted by Gasteiger charge is -2.32. The van der Waals surface area contributed by atoms with E-state index in [2.05, 4.69) is 143 Å². The minimum absolute atomic E-state index is 0.0970. The van der Waals surface area contributed by atoms with E-state index in [0.29, 0.717) is 11.5 Å². The third-order valence-electron chi connectivity index (χ3n) is 9.33. The fourth-order valence-electron chi connectivity index (χ4n) is 6.44. The molecule has 0 aliphatic heterocycles. The third kappa shape index (κ3) is 6.31. The number of allylic oxidation sites excluding steroid dienone is 4. The molecule has 40 heavy (non-hydrogen) atoms. The van der Waals surface area contributed by atoms with E-state index >= 15 is 0 Å². The van der Waals surface area contributed by atoms with E-state index < -0.39 is 9.52 Å². The van der Waals surface area contributed by atoms with Gasteiger partial charge in [0.2, 0.25) is 0 Å². The molecule has 1 aliphatic rings. The maximum absolute atomic E-state index is 2.54. The van der Waals surface area contributed by atoms with Gasteiger partial charge in [-0.25, -0.2) is 0 Å². The van der Waals surface area contributed by atoms with Crippen LogP contribution in [-0.2, 0) is 23.7 Å². The Hall–Kier alpha value is -2.64. The van der Waals surface area contributed by atoms with Crippen LogP contribution >= 0.6 is 0 Å². The first-order chi connectivity index (χ1) is 18.7. The second kappa shape index (κ2) is 11.7. The maximum atomic E-state index is 2.54. The van der Waals surface area contributed by atoms with Gasteiger partial charge in [-0.15, -0.1) is 0 Å². The van der Waals surface area contributed by atoms with Crippen LogP contribution in [-0.4, -0.2) is 9.52 Å². The van der Waals surface area contributed by atoms with Gasteiger partial charge < -0.3 is 0 Å². The van der Waals surface area contributed by atoms with Gasteiger partial charge in [0, 0.05) is 5.92 Å². The fraction of sp³-hybridized carbons (Fsp3) is 0.436. The Morgan fingerprint density at radius 3 is 1.68 bits per heavy atom. The van der Waals surface area contributed by atoms with Crippen molar-refractivity contribution < 1.29 is 0 Å². The zero-order valence-corrected chi connectivity index (χ0v) is 28.5. The molecule has 0 saturated heterocycles. The van der Waals surface area contributed by atoms with Crippen LogP contribution in [0.5, 0.6) is 0 Å². The van der Waals surface area contributed by atoms with Gasteiger partial charge >= 0.3 is 0 Å². The Labute approximate surface area is 247 Å². The molecule has 3 aromatic carbocycles. The number of benzene rings is 3. The van der Waals surface area contributed by atoms with Crippen molar-refractivity contribution in [3.8, 4) is 0 Å². The van der Waals surface area contributed by atoms with Gasteiger partial charge in [-0.1, -0.05) is 133 Å². The topological polar surface area (TPSA) is 0 Å². The molecule has 0 bridgehead atoms. The van der Waals surface area contributed by atoms with Crippen LogP contribution < -0.4 is 5.19 Å². The van der Waals surface area contributed by atoms with E-state index in [0.717, 1.165) is 12.8 Å². The van der Waals surface area contributed by atoms with Crippen molar-refractivity contribution in [2.45, 2.75) is 105 Å². The molecule has 3 aromatic rings. The summed E-state index contributed by atoms with van der Waals surface area (Å²) in [5.74, 6) is 0.409. The molecular formula is C39H52Si. The maximum Gasteiger partial charge on any atom is 0.0636 e. The van der Waals surface area contributed by atoms with Crippen LogP contribution in [0.1, 0.15) is 115 Å². The molecule has 0 fully saturated rings. The summed E-state index contributed by atoms with van der Waals surface area (Å²) in [6.07, 6.45) is 2.17. The zero-order valence-electron chi connectivity index (χ0n) is 27.1. The molecule has 0 saturated carbocycles. The summed E-state index contributed by atoms with van der Waals surface area (Å²) >= 11 is 0. The summed E-state index contributed by atoms with van der Waals surface area (Å²) < 4.78 is 0. The Morgan fingerprint density at radius 1 is 0.675 bits per heavy atom. The van der Waals surface area contributed by atoms with Crippen LogP contribution in [0, 0.1) is 5.92 Å². The van der Waals surface area contributed by atoms with Gasteiger partial charge in [0.05, 0.1) is 9.52 Å². The normalized spacial score (nSPS) is 17.4. The SMILES string of the molecule is CCc1cc(CC)cc(C([SiH2]c2ccccc2)C2C(C)=C(C)C(C)=C2c2cc(C(C)(C)C)cc(C(C)(C)C)c2)c1. The van der Waals surface area contributed by atoms with Gasteiger partial charge in [0.15, 0.2) is 0 Å². The molecule has 2 atom stereocenters. The molecule has 0 radical (unpaired) electrons. The summed E-state index contributed by atoms with van der Waals surface area (Å²) in [5, 5.41) is 1.56. The van der Waals surface area contributed by atoms with Crippen LogP contribution in [0.25, 0.3) is 5.57 Å². The molecule has 0 nitrogen and oxygen atoms in total. The molecule has 0 heterocycles. The van der Waals surface area contributed by atoms with E-state index in [1.807, 2.05) is 0 Å². The Morgan fingerprint density at radius 2 is 1.20 bits per heavy atom. The first-order valence-electron chi connectivity index (χ1n) is 15.5. The number of hydrogen-bond donors (Lipinski definition) is 0. The summed E-state index contributed by atoms with van der Waals surface area (Å²) in [6.45, 7) is 25.9. The highest BCUT2D eigenvalue weighted by Crippen LogP contribution is 2.50. The number of aryl methyl sites for hydroxylation is 2. The largest absolute Gasteiger partial charge is 0.0663 e. The van der Waals surface area contributed by atoms with Gasteiger partial charge in [0.25, 0.3) is 0 Å². The lowest BCUT2D eigenvalue weighted by atomic mass is 9.76. The van der Waals surface area contributed by atoms with E-state index in [4.69, 9.17) is 0 Å². The molecule has 1 heteroatoms. The molecule has 1 aliphatic carbocycles. The fourth-order valence-corrected chi connectivity index (χ4v) is 8.79. The minimum Gasteiger partial charge on any atom is -0.0663 e. The van der Waals surface area contributed by atoms with Crippen molar-refractivity contribution in [3.63, 3.8) is 0 Å². The third-order valence-corrected chi connectivity index (χ3v) is 11.7. The first kappa shape index (κ1) is 30.3. The number of rotatable bonds is 7. The predicted octanol–water partition coefficient (Wildman–Crippen LogP) is 9.38. The Kier molecular flexibility index (Phi) is 8.86. The quantitative estimate of drug-likeness (QED) is 0.258. The average molecular weight is 549 g/mol. The van der Waals surface area contributed by atoms with Crippen molar-refractivity contribution in [1.82, 2.24) is 0 Å². The molecule has 4 rings (SSSR count). The Bertz CT molecular complexity index is 1370. The molecule has 0 N–H and O–H groups in total. The van der Waals surface area contributed by atoms with Crippen molar-refractivity contribution in [2.75, 3.05) is 0 Å². The van der Waals surface area contributed by atoms with Crippen molar-refractivity contribution >= 4 is 20.3 Å². The van der Waals surface area contributed by atoms with Crippen LogP contribution in [0.4, 0.5) is 0 Å². The summed E-state index contributed by atoms with van der Waals surface area (Å²) in [7, 11) is -0.629. The highest BCUT2D eigenvalue weighted by molar-refractivity contribution is 6.55. The molecular weight excluding hydrogens is 497 g/mol. The second-order valence-corrected chi connectivity index (χ2v) is 16.3. The van der Waals surface area contributed by atoms with E-state index in [9.17, 15) is 0 Å². The molecule has 0 spiro atoms. The average Bonchev–Trinajstić information content (AvgIpc) is 3.14. The highest BCUT2D eigenvalue weighted by Gasteiger charge is 2.36. The van der Waals surface area contributed by atoms with Crippen LogP contribution in [0.2, 0.25) is 0 Å². The van der Waals surface area contributed by atoms with Crippen molar-refractivity contribution in [2.24, 2.45) is 5.92 Å². The van der Waals surface area contributed by atoms with Crippen molar-refractivity contribution in [1.29, 1.82) is 0 Å².